The summed E-state index contributed by atoms with van der Waals surface area (Å²) in [5.74, 6) is 0.757. The molecule has 0 unspecified atom stereocenters. The van der Waals surface area contributed by atoms with Crippen molar-refractivity contribution in [2.75, 3.05) is 11.9 Å². The van der Waals surface area contributed by atoms with Gasteiger partial charge in [-0.2, -0.15) is 5.26 Å². The predicted molar refractivity (Wildman–Crippen MR) is 74.0 cm³/mol. The van der Waals surface area contributed by atoms with Gasteiger partial charge in [0.2, 0.25) is 5.65 Å². The Morgan fingerprint density at radius 2 is 2.30 bits per heavy atom. The van der Waals surface area contributed by atoms with Crippen LogP contribution in [0.3, 0.4) is 0 Å². The van der Waals surface area contributed by atoms with Crippen molar-refractivity contribution < 1.29 is 0 Å². The lowest BCUT2D eigenvalue weighted by molar-refractivity contribution is 0.891. The van der Waals surface area contributed by atoms with E-state index >= 15 is 0 Å². The van der Waals surface area contributed by atoms with Crippen LogP contribution in [0.4, 0.5) is 5.82 Å². The molecule has 0 bridgehead atoms. The molecule has 0 aliphatic carbocycles. The molecule has 20 heavy (non-hydrogen) atoms. The Hall–Kier alpha value is -2.94. The van der Waals surface area contributed by atoms with Gasteiger partial charge in [-0.25, -0.2) is 4.98 Å². The fraction of sp³-hybridized carbons (Fsp3) is 0.143. The van der Waals surface area contributed by atoms with Gasteiger partial charge in [-0.3, -0.25) is 4.40 Å². The van der Waals surface area contributed by atoms with Crippen molar-refractivity contribution in [2.45, 2.75) is 6.54 Å². The molecule has 0 spiro atoms. The zero-order valence-corrected chi connectivity index (χ0v) is 10.9. The van der Waals surface area contributed by atoms with Crippen LogP contribution < -0.4 is 4.90 Å². The minimum Gasteiger partial charge on any atom is -0.352 e. The summed E-state index contributed by atoms with van der Waals surface area (Å²) in [6.07, 6.45) is 5.17. The molecule has 2 heterocycles. The van der Waals surface area contributed by atoms with Crippen molar-refractivity contribution >= 4 is 11.5 Å². The molecular formula is C14H12N6. The fourth-order valence-corrected chi connectivity index (χ4v) is 2.10. The minimum atomic E-state index is 0.648. The van der Waals surface area contributed by atoms with Gasteiger partial charge in [0.15, 0.2) is 5.82 Å². The van der Waals surface area contributed by atoms with E-state index in [9.17, 15) is 0 Å². The lowest BCUT2D eigenvalue weighted by Crippen LogP contribution is -2.18. The van der Waals surface area contributed by atoms with Crippen LogP contribution in [-0.4, -0.2) is 26.6 Å². The van der Waals surface area contributed by atoms with E-state index in [4.69, 9.17) is 5.26 Å². The number of nitrogens with zero attached hydrogens (tertiary/aromatic N) is 6. The molecule has 0 radical (unpaired) electrons. The summed E-state index contributed by atoms with van der Waals surface area (Å²) in [5.41, 5.74) is 2.42. The average molecular weight is 264 g/mol. The Labute approximate surface area is 115 Å². The molecule has 1 aromatic carbocycles. The molecule has 0 saturated heterocycles. The van der Waals surface area contributed by atoms with E-state index in [1.807, 2.05) is 40.7 Å². The first-order chi connectivity index (χ1) is 9.78. The van der Waals surface area contributed by atoms with Gasteiger partial charge in [-0.1, -0.05) is 12.1 Å². The second kappa shape index (κ2) is 4.97. The van der Waals surface area contributed by atoms with Crippen LogP contribution >= 0.6 is 0 Å². The van der Waals surface area contributed by atoms with Crippen LogP contribution in [0.15, 0.2) is 43.0 Å². The second-order valence-corrected chi connectivity index (χ2v) is 4.48. The largest absolute Gasteiger partial charge is 0.352 e. The second-order valence-electron chi connectivity index (χ2n) is 4.48. The van der Waals surface area contributed by atoms with E-state index in [1.165, 1.54) is 0 Å². The van der Waals surface area contributed by atoms with E-state index in [0.717, 1.165) is 11.4 Å². The summed E-state index contributed by atoms with van der Waals surface area (Å²) in [6, 6.07) is 9.68. The SMILES string of the molecule is CN(Cc1cccc(C#N)c1)c1nccn2cnnc12. The zero-order valence-electron chi connectivity index (χ0n) is 10.9. The summed E-state index contributed by atoms with van der Waals surface area (Å²) < 4.78 is 1.82. The molecule has 3 rings (SSSR count). The van der Waals surface area contributed by atoms with Crippen LogP contribution in [0.5, 0.6) is 0 Å². The highest BCUT2D eigenvalue weighted by Crippen LogP contribution is 2.17. The molecule has 6 heteroatoms. The number of benzene rings is 1. The molecule has 6 nitrogen and oxygen atoms in total. The smallest absolute Gasteiger partial charge is 0.203 e. The third-order valence-corrected chi connectivity index (χ3v) is 3.03. The Kier molecular flexibility index (Phi) is 3.01. The molecule has 0 atom stereocenters. The molecule has 0 amide bonds. The van der Waals surface area contributed by atoms with Crippen LogP contribution in [0.25, 0.3) is 5.65 Å². The molecule has 0 fully saturated rings. The first kappa shape index (κ1) is 12.1. The Bertz CT molecular complexity index is 785. The van der Waals surface area contributed by atoms with Gasteiger partial charge in [0.1, 0.15) is 6.33 Å². The predicted octanol–water partition coefficient (Wildman–Crippen LogP) is 1.63. The third kappa shape index (κ3) is 2.17. The van der Waals surface area contributed by atoms with Crippen molar-refractivity contribution in [1.82, 2.24) is 19.6 Å². The maximum Gasteiger partial charge on any atom is 0.203 e. The van der Waals surface area contributed by atoms with Gasteiger partial charge in [-0.15, -0.1) is 10.2 Å². The monoisotopic (exact) mass is 264 g/mol. The van der Waals surface area contributed by atoms with Gasteiger partial charge in [-0.05, 0) is 17.7 Å². The lowest BCUT2D eigenvalue weighted by Gasteiger charge is -2.18. The number of hydrogen-bond donors (Lipinski definition) is 0. The highest BCUT2D eigenvalue weighted by Gasteiger charge is 2.10. The molecule has 0 aliphatic rings. The normalized spacial score (nSPS) is 10.4. The van der Waals surface area contributed by atoms with Gasteiger partial charge >= 0.3 is 0 Å². The fourth-order valence-electron chi connectivity index (χ4n) is 2.10. The molecular weight excluding hydrogens is 252 g/mol. The minimum absolute atomic E-state index is 0.648. The van der Waals surface area contributed by atoms with Crippen molar-refractivity contribution in [2.24, 2.45) is 0 Å². The number of hydrogen-bond acceptors (Lipinski definition) is 5. The van der Waals surface area contributed by atoms with Crippen LogP contribution in [0, 0.1) is 11.3 Å². The summed E-state index contributed by atoms with van der Waals surface area (Å²) >= 11 is 0. The molecule has 0 aliphatic heterocycles. The van der Waals surface area contributed by atoms with E-state index in [2.05, 4.69) is 21.3 Å². The van der Waals surface area contributed by atoms with Crippen molar-refractivity contribution in [3.8, 4) is 6.07 Å². The van der Waals surface area contributed by atoms with E-state index < -0.39 is 0 Å². The molecule has 3 aromatic rings. The summed E-state index contributed by atoms with van der Waals surface area (Å²) in [6.45, 7) is 0.648. The number of fused-ring (bicyclic) bond motifs is 1. The Morgan fingerprint density at radius 3 is 3.15 bits per heavy atom. The van der Waals surface area contributed by atoms with Crippen molar-refractivity contribution in [3.63, 3.8) is 0 Å². The highest BCUT2D eigenvalue weighted by atomic mass is 15.3. The molecule has 2 aromatic heterocycles. The summed E-state index contributed by atoms with van der Waals surface area (Å²) in [5, 5.41) is 16.9. The lowest BCUT2D eigenvalue weighted by atomic mass is 10.1. The van der Waals surface area contributed by atoms with E-state index in [0.29, 0.717) is 17.8 Å². The van der Waals surface area contributed by atoms with Gasteiger partial charge in [0.25, 0.3) is 0 Å². The van der Waals surface area contributed by atoms with Crippen LogP contribution in [0.1, 0.15) is 11.1 Å². The summed E-state index contributed by atoms with van der Waals surface area (Å²) in [7, 11) is 1.94. The molecule has 0 N–H and O–H groups in total. The van der Waals surface area contributed by atoms with E-state index in [1.54, 1.807) is 18.6 Å². The number of anilines is 1. The molecule has 98 valence electrons. The number of aromatic nitrogens is 4. The van der Waals surface area contributed by atoms with Gasteiger partial charge in [0.05, 0.1) is 11.6 Å². The maximum absolute atomic E-state index is 8.93. The van der Waals surface area contributed by atoms with E-state index in [-0.39, 0.29) is 0 Å². The van der Waals surface area contributed by atoms with Crippen molar-refractivity contribution in [3.05, 3.63) is 54.1 Å². The first-order valence-electron chi connectivity index (χ1n) is 6.12. The van der Waals surface area contributed by atoms with Crippen LogP contribution in [-0.2, 0) is 6.54 Å². The zero-order chi connectivity index (χ0) is 13.9. The van der Waals surface area contributed by atoms with Gasteiger partial charge in [0, 0.05) is 26.0 Å². The quantitative estimate of drug-likeness (QED) is 0.719. The maximum atomic E-state index is 8.93. The number of nitriles is 1. The standard InChI is InChI=1S/C14H12N6/c1-19(9-12-4-2-3-11(7-12)8-15)13-14-18-17-10-20(14)6-5-16-13/h2-7,10H,9H2,1H3. The topological polar surface area (TPSA) is 70.1 Å². The van der Waals surface area contributed by atoms with Gasteiger partial charge < -0.3 is 4.90 Å². The highest BCUT2D eigenvalue weighted by molar-refractivity contribution is 5.62. The third-order valence-electron chi connectivity index (χ3n) is 3.03. The van der Waals surface area contributed by atoms with Crippen LogP contribution in [0.2, 0.25) is 0 Å². The summed E-state index contributed by atoms with van der Waals surface area (Å²) in [4.78, 5) is 6.34. The van der Waals surface area contributed by atoms with Crippen molar-refractivity contribution in [1.29, 1.82) is 5.26 Å². The number of rotatable bonds is 3. The first-order valence-corrected chi connectivity index (χ1v) is 6.12. The molecule has 0 saturated carbocycles. The Morgan fingerprint density at radius 1 is 1.40 bits per heavy atom. The Balaban J connectivity index is 1.91. The average Bonchev–Trinajstić information content (AvgIpc) is 2.95.